The Morgan fingerprint density at radius 1 is 0.360 bits per heavy atom. The molecule has 0 saturated heterocycles. The van der Waals surface area contributed by atoms with Crippen LogP contribution in [0.15, 0.2) is 97.1 Å². The standard InChI is InChI=1S/C46H64B2N2/c1-41(2,3)33-19-15-23-37(29-33)45(49,38-24-16-20-34(30-38)42(4,5)6)47-27-13-14-28-48-46(50,39-25-17-21-35(31-39)43(7,8)9)40-26-18-22-36(32-40)44(10,11)12/h15-26,29-32H,13-14,27-28,49-50H2,1-12H3. The van der Waals surface area contributed by atoms with E-state index in [1.165, 1.54) is 22.3 Å². The SMILES string of the molecule is CC(C)(C)c1cccc(C(N)([B]CCCC[B]C(N)(c2cccc(C(C)(C)C)c2)c2cccc(C(C)(C)C)c2)c2cccc(C(C)(C)C)c2)c1. The average Bonchev–Trinajstić information content (AvgIpc) is 3.05. The zero-order valence-electron chi connectivity index (χ0n) is 33.4. The number of hydrogen-bond acceptors (Lipinski definition) is 2. The summed E-state index contributed by atoms with van der Waals surface area (Å²) in [5, 5.41) is 0. The van der Waals surface area contributed by atoms with Crippen LogP contribution in [0.3, 0.4) is 0 Å². The van der Waals surface area contributed by atoms with E-state index in [-0.39, 0.29) is 21.7 Å². The summed E-state index contributed by atoms with van der Waals surface area (Å²) in [5.74, 6) is 0. The van der Waals surface area contributed by atoms with Crippen LogP contribution < -0.4 is 11.5 Å². The van der Waals surface area contributed by atoms with Gasteiger partial charge in [0.2, 0.25) is 0 Å². The first-order chi connectivity index (χ1) is 23.0. The minimum Gasteiger partial charge on any atom is -0.325 e. The molecule has 264 valence electrons. The fourth-order valence-corrected chi connectivity index (χ4v) is 6.72. The molecule has 0 fully saturated rings. The molecule has 0 bridgehead atoms. The second-order valence-corrected chi connectivity index (χ2v) is 18.8. The molecule has 0 heterocycles. The smallest absolute Gasteiger partial charge is 0.149 e. The van der Waals surface area contributed by atoms with E-state index in [2.05, 4.69) is 195 Å². The Balaban J connectivity index is 1.58. The molecule has 0 aliphatic heterocycles. The molecule has 0 aromatic heterocycles. The Labute approximate surface area is 307 Å². The molecule has 2 radical (unpaired) electrons. The van der Waals surface area contributed by atoms with Crippen molar-refractivity contribution in [3.8, 4) is 0 Å². The fraction of sp³-hybridized carbons (Fsp3) is 0.478. The van der Waals surface area contributed by atoms with Crippen LogP contribution in [-0.4, -0.2) is 14.6 Å². The lowest BCUT2D eigenvalue weighted by atomic mass is 9.48. The number of nitrogens with two attached hydrogens (primary N) is 2. The predicted octanol–water partition coefficient (Wildman–Crippen LogP) is 10.9. The molecule has 2 nitrogen and oxygen atoms in total. The van der Waals surface area contributed by atoms with Crippen molar-refractivity contribution in [3.63, 3.8) is 0 Å². The number of unbranched alkanes of at least 4 members (excludes halogenated alkanes) is 1. The van der Waals surface area contributed by atoms with E-state index >= 15 is 0 Å². The Morgan fingerprint density at radius 2 is 0.560 bits per heavy atom. The van der Waals surface area contributed by atoms with Crippen molar-refractivity contribution in [2.45, 2.75) is 141 Å². The van der Waals surface area contributed by atoms with Gasteiger partial charge in [0.25, 0.3) is 0 Å². The first-order valence-electron chi connectivity index (χ1n) is 18.8. The maximum absolute atomic E-state index is 7.52. The summed E-state index contributed by atoms with van der Waals surface area (Å²) in [6.07, 6.45) is 3.85. The van der Waals surface area contributed by atoms with E-state index < -0.39 is 10.9 Å². The highest BCUT2D eigenvalue weighted by molar-refractivity contribution is 6.42. The molecule has 50 heavy (non-hydrogen) atoms. The largest absolute Gasteiger partial charge is 0.325 e. The quantitative estimate of drug-likeness (QED) is 0.124. The second-order valence-electron chi connectivity index (χ2n) is 18.8. The third kappa shape index (κ3) is 9.42. The number of rotatable bonds is 11. The van der Waals surface area contributed by atoms with Gasteiger partial charge in [-0.15, -0.1) is 0 Å². The topological polar surface area (TPSA) is 52.0 Å². The average molecular weight is 667 g/mol. The zero-order chi connectivity index (χ0) is 37.2. The second kappa shape index (κ2) is 14.9. The van der Waals surface area contributed by atoms with E-state index in [1.54, 1.807) is 0 Å². The van der Waals surface area contributed by atoms with Crippen molar-refractivity contribution in [1.82, 2.24) is 0 Å². The highest BCUT2D eigenvalue weighted by Crippen LogP contribution is 2.36. The maximum Gasteiger partial charge on any atom is 0.149 e. The molecule has 0 amide bonds. The molecule has 4 aromatic carbocycles. The van der Waals surface area contributed by atoms with Crippen molar-refractivity contribution in [2.75, 3.05) is 0 Å². The van der Waals surface area contributed by atoms with Gasteiger partial charge < -0.3 is 11.5 Å². The van der Waals surface area contributed by atoms with Gasteiger partial charge in [-0.1, -0.05) is 206 Å². The molecule has 4 aromatic rings. The van der Waals surface area contributed by atoms with Gasteiger partial charge in [-0.3, -0.25) is 0 Å². The molecular formula is C46H64B2N2. The van der Waals surface area contributed by atoms with Gasteiger partial charge in [0.1, 0.15) is 14.6 Å². The summed E-state index contributed by atoms with van der Waals surface area (Å²) in [5.41, 5.74) is 23.5. The third-order valence-electron chi connectivity index (χ3n) is 10.4. The van der Waals surface area contributed by atoms with Gasteiger partial charge in [0, 0.05) is 10.9 Å². The molecular weight excluding hydrogens is 602 g/mol. The molecule has 0 aliphatic carbocycles. The summed E-state index contributed by atoms with van der Waals surface area (Å²) >= 11 is 0. The van der Waals surface area contributed by atoms with Gasteiger partial charge in [-0.2, -0.15) is 0 Å². The van der Waals surface area contributed by atoms with Gasteiger partial charge in [0.05, 0.1) is 0 Å². The molecule has 0 saturated carbocycles. The normalized spacial score (nSPS) is 13.3. The highest BCUT2D eigenvalue weighted by atomic mass is 14.7. The lowest BCUT2D eigenvalue weighted by Gasteiger charge is -2.34. The first kappa shape index (κ1) is 39.7. The van der Waals surface area contributed by atoms with Crippen LogP contribution in [0.5, 0.6) is 0 Å². The van der Waals surface area contributed by atoms with Gasteiger partial charge in [-0.05, 0) is 66.2 Å². The van der Waals surface area contributed by atoms with Crippen LogP contribution in [0.2, 0.25) is 12.6 Å². The van der Waals surface area contributed by atoms with Crippen LogP contribution in [0.25, 0.3) is 0 Å². The lowest BCUT2D eigenvalue weighted by molar-refractivity contribution is 0.584. The zero-order valence-corrected chi connectivity index (χ0v) is 33.4. The summed E-state index contributed by atoms with van der Waals surface area (Å²) in [6.45, 7) is 27.2. The maximum atomic E-state index is 7.52. The Bertz CT molecular complexity index is 1480. The monoisotopic (exact) mass is 667 g/mol. The predicted molar refractivity (Wildman–Crippen MR) is 221 cm³/mol. The van der Waals surface area contributed by atoms with Gasteiger partial charge >= 0.3 is 0 Å². The van der Waals surface area contributed by atoms with Gasteiger partial charge in [0.15, 0.2) is 0 Å². The van der Waals surface area contributed by atoms with Crippen molar-refractivity contribution >= 4 is 14.6 Å². The Kier molecular flexibility index (Phi) is 11.8. The van der Waals surface area contributed by atoms with Crippen LogP contribution in [0, 0.1) is 0 Å². The summed E-state index contributed by atoms with van der Waals surface area (Å²) in [4.78, 5) is 0. The van der Waals surface area contributed by atoms with Crippen molar-refractivity contribution in [1.29, 1.82) is 0 Å². The van der Waals surface area contributed by atoms with Crippen molar-refractivity contribution in [3.05, 3.63) is 142 Å². The van der Waals surface area contributed by atoms with E-state index in [1.807, 2.05) is 0 Å². The first-order valence-corrected chi connectivity index (χ1v) is 18.8. The van der Waals surface area contributed by atoms with Crippen molar-refractivity contribution < 1.29 is 0 Å². The molecule has 0 atom stereocenters. The fourth-order valence-electron chi connectivity index (χ4n) is 6.72. The Hall–Kier alpha value is -3.07. The van der Waals surface area contributed by atoms with Crippen LogP contribution >= 0.6 is 0 Å². The lowest BCUT2D eigenvalue weighted by Crippen LogP contribution is -2.45. The third-order valence-corrected chi connectivity index (χ3v) is 10.4. The molecule has 0 unspecified atom stereocenters. The molecule has 4 heteroatoms. The highest BCUT2D eigenvalue weighted by Gasteiger charge is 2.34. The number of benzene rings is 4. The van der Waals surface area contributed by atoms with Crippen molar-refractivity contribution in [2.24, 2.45) is 11.5 Å². The van der Waals surface area contributed by atoms with Crippen LogP contribution in [0.1, 0.15) is 140 Å². The number of hydrogen-bond donors (Lipinski definition) is 2. The minimum absolute atomic E-state index is 0.0353. The van der Waals surface area contributed by atoms with Crippen LogP contribution in [0.4, 0.5) is 0 Å². The van der Waals surface area contributed by atoms with E-state index in [0.29, 0.717) is 0 Å². The van der Waals surface area contributed by atoms with Gasteiger partial charge in [-0.25, -0.2) is 0 Å². The van der Waals surface area contributed by atoms with E-state index in [0.717, 1.165) is 47.7 Å². The minimum atomic E-state index is -0.704. The summed E-state index contributed by atoms with van der Waals surface area (Å²) in [7, 11) is 4.71. The van der Waals surface area contributed by atoms with E-state index in [9.17, 15) is 0 Å². The Morgan fingerprint density at radius 3 is 0.760 bits per heavy atom. The molecule has 0 aliphatic rings. The summed E-state index contributed by atoms with van der Waals surface area (Å²) < 4.78 is 0. The summed E-state index contributed by atoms with van der Waals surface area (Å²) in [6, 6.07) is 35.6. The van der Waals surface area contributed by atoms with E-state index in [4.69, 9.17) is 11.5 Å². The molecule has 4 rings (SSSR count). The molecule has 0 spiro atoms. The van der Waals surface area contributed by atoms with Crippen LogP contribution in [-0.2, 0) is 32.5 Å². The molecule has 4 N–H and O–H groups in total.